The number of nitrogens with zero attached hydrogens (tertiary/aromatic N) is 2. The average molecular weight is 311 g/mol. The summed E-state index contributed by atoms with van der Waals surface area (Å²) >= 11 is 0. The van der Waals surface area contributed by atoms with Crippen LogP contribution in [0.1, 0.15) is 10.4 Å². The van der Waals surface area contributed by atoms with Crippen LogP contribution in [0.2, 0.25) is 0 Å². The normalized spacial score (nSPS) is 10.6. The lowest BCUT2D eigenvalue weighted by Gasteiger charge is -2.06. The summed E-state index contributed by atoms with van der Waals surface area (Å²) in [4.78, 5) is 12.4. The quantitative estimate of drug-likeness (QED) is 0.804. The molecule has 1 heterocycles. The van der Waals surface area contributed by atoms with E-state index < -0.39 is 0 Å². The Hall–Kier alpha value is -3.02. The first-order valence-corrected chi connectivity index (χ1v) is 7.08. The number of aromatic nitrogens is 2. The van der Waals surface area contributed by atoms with Gasteiger partial charge in [0.25, 0.3) is 5.91 Å². The van der Waals surface area contributed by atoms with Crippen LogP contribution in [0, 0.1) is 0 Å². The predicted octanol–water partition coefficient (Wildman–Crippen LogP) is 2.84. The van der Waals surface area contributed by atoms with Gasteiger partial charge < -0.3 is 14.8 Å². The molecule has 0 saturated heterocycles. The molecule has 0 spiro atoms. The van der Waals surface area contributed by atoms with E-state index >= 15 is 0 Å². The van der Waals surface area contributed by atoms with E-state index in [1.54, 1.807) is 62.3 Å². The molecule has 1 N–H and O–H groups in total. The second-order valence-corrected chi connectivity index (χ2v) is 5.05. The van der Waals surface area contributed by atoms with Crippen molar-refractivity contribution in [2.75, 3.05) is 19.5 Å². The topological polar surface area (TPSA) is 65.4 Å². The summed E-state index contributed by atoms with van der Waals surface area (Å²) in [6, 6.07) is 12.5. The van der Waals surface area contributed by atoms with Crippen LogP contribution in [0.4, 0.5) is 5.69 Å². The van der Waals surface area contributed by atoms with Crippen molar-refractivity contribution >= 4 is 22.5 Å². The van der Waals surface area contributed by atoms with E-state index in [0.717, 1.165) is 11.1 Å². The third-order valence-electron chi connectivity index (χ3n) is 3.58. The van der Waals surface area contributed by atoms with Crippen molar-refractivity contribution in [1.82, 2.24) is 9.78 Å². The van der Waals surface area contributed by atoms with Crippen LogP contribution in [0.25, 0.3) is 10.9 Å². The van der Waals surface area contributed by atoms with Gasteiger partial charge in [0.05, 0.1) is 25.1 Å². The monoisotopic (exact) mass is 311 g/mol. The molecule has 1 aromatic heterocycles. The molecule has 118 valence electrons. The first-order chi connectivity index (χ1) is 11.1. The van der Waals surface area contributed by atoms with Crippen LogP contribution in [0.5, 0.6) is 11.6 Å². The maximum Gasteiger partial charge on any atom is 0.255 e. The molecule has 0 unspecified atom stereocenters. The van der Waals surface area contributed by atoms with Gasteiger partial charge in [-0.15, -0.1) is 0 Å². The summed E-state index contributed by atoms with van der Waals surface area (Å²) < 4.78 is 12.0. The van der Waals surface area contributed by atoms with E-state index in [4.69, 9.17) is 9.47 Å². The molecule has 0 aliphatic heterocycles. The van der Waals surface area contributed by atoms with E-state index in [1.165, 1.54) is 0 Å². The lowest BCUT2D eigenvalue weighted by atomic mass is 10.1. The van der Waals surface area contributed by atoms with Crippen molar-refractivity contribution in [2.45, 2.75) is 0 Å². The summed E-state index contributed by atoms with van der Waals surface area (Å²) in [5.74, 6) is 1.22. The molecule has 6 heteroatoms. The van der Waals surface area contributed by atoms with Gasteiger partial charge >= 0.3 is 0 Å². The number of rotatable bonds is 4. The molecule has 3 rings (SSSR count). The van der Waals surface area contributed by atoms with Crippen LogP contribution in [0.3, 0.4) is 0 Å². The number of hydrogen-bond acceptors (Lipinski definition) is 4. The number of methoxy groups -OCH3 is 2. The summed E-state index contributed by atoms with van der Waals surface area (Å²) in [5.41, 5.74) is 1.95. The second kappa shape index (κ2) is 6.00. The van der Waals surface area contributed by atoms with Crippen molar-refractivity contribution in [2.24, 2.45) is 7.05 Å². The zero-order chi connectivity index (χ0) is 16.4. The fourth-order valence-electron chi connectivity index (χ4n) is 2.44. The van der Waals surface area contributed by atoms with Gasteiger partial charge in [-0.2, -0.15) is 5.10 Å². The molecule has 0 saturated carbocycles. The number of carbonyl (C=O) groups is 1. The number of fused-ring (bicyclic) bond motifs is 1. The molecule has 0 bridgehead atoms. The van der Waals surface area contributed by atoms with Crippen LogP contribution in [0.15, 0.2) is 42.5 Å². The molecule has 1 amide bonds. The van der Waals surface area contributed by atoms with Crippen molar-refractivity contribution < 1.29 is 14.3 Å². The molecule has 23 heavy (non-hydrogen) atoms. The standard InChI is InChI=1S/C17H17N3O3/c1-20-17(23-3)14-9-4-11(10-15(14)19-20)16(21)18-12-5-7-13(22-2)8-6-12/h4-10H,1-3H3,(H,18,21). The van der Waals surface area contributed by atoms with Crippen molar-refractivity contribution in [1.29, 1.82) is 0 Å². The highest BCUT2D eigenvalue weighted by atomic mass is 16.5. The smallest absolute Gasteiger partial charge is 0.255 e. The van der Waals surface area contributed by atoms with E-state index in [1.807, 2.05) is 6.07 Å². The number of benzene rings is 2. The highest BCUT2D eigenvalue weighted by Gasteiger charge is 2.13. The highest BCUT2D eigenvalue weighted by molar-refractivity contribution is 6.06. The third-order valence-corrected chi connectivity index (χ3v) is 3.58. The van der Waals surface area contributed by atoms with Gasteiger partial charge in [-0.25, -0.2) is 4.68 Å². The second-order valence-electron chi connectivity index (χ2n) is 5.05. The van der Waals surface area contributed by atoms with Crippen molar-refractivity contribution in [3.63, 3.8) is 0 Å². The van der Waals surface area contributed by atoms with Gasteiger partial charge in [-0.05, 0) is 42.5 Å². The Bertz CT molecular complexity index is 853. The molecular weight excluding hydrogens is 294 g/mol. The number of amides is 1. The Balaban J connectivity index is 1.85. The minimum Gasteiger partial charge on any atom is -0.497 e. The summed E-state index contributed by atoms with van der Waals surface area (Å²) in [5, 5.41) is 8.07. The van der Waals surface area contributed by atoms with Gasteiger partial charge in [0, 0.05) is 18.3 Å². The summed E-state index contributed by atoms with van der Waals surface area (Å²) in [7, 11) is 5.00. The SMILES string of the molecule is COc1ccc(NC(=O)c2ccc3c(OC)n(C)nc3c2)cc1. The maximum absolute atomic E-state index is 12.4. The Morgan fingerprint density at radius 1 is 1.09 bits per heavy atom. The first kappa shape index (κ1) is 14.9. The van der Waals surface area contributed by atoms with Crippen LogP contribution >= 0.6 is 0 Å². The Morgan fingerprint density at radius 3 is 2.48 bits per heavy atom. The minimum absolute atomic E-state index is 0.193. The van der Waals surface area contributed by atoms with Crippen molar-refractivity contribution in [3.05, 3.63) is 48.0 Å². The lowest BCUT2D eigenvalue weighted by Crippen LogP contribution is -2.11. The minimum atomic E-state index is -0.193. The van der Waals surface area contributed by atoms with E-state index in [-0.39, 0.29) is 5.91 Å². The zero-order valence-corrected chi connectivity index (χ0v) is 13.2. The van der Waals surface area contributed by atoms with E-state index in [0.29, 0.717) is 22.6 Å². The highest BCUT2D eigenvalue weighted by Crippen LogP contribution is 2.25. The number of carbonyl (C=O) groups excluding carboxylic acids is 1. The van der Waals surface area contributed by atoms with Gasteiger partial charge in [-0.3, -0.25) is 4.79 Å². The molecule has 0 radical (unpaired) electrons. The number of anilines is 1. The van der Waals surface area contributed by atoms with Gasteiger partial charge in [0.15, 0.2) is 0 Å². The zero-order valence-electron chi connectivity index (χ0n) is 13.2. The number of ether oxygens (including phenoxy) is 2. The fourth-order valence-corrected chi connectivity index (χ4v) is 2.44. The average Bonchev–Trinajstić information content (AvgIpc) is 2.89. The third kappa shape index (κ3) is 2.83. The molecule has 0 atom stereocenters. The molecule has 3 aromatic rings. The van der Waals surface area contributed by atoms with Crippen LogP contribution in [-0.2, 0) is 7.05 Å². The molecule has 0 aliphatic rings. The van der Waals surface area contributed by atoms with Gasteiger partial charge in [-0.1, -0.05) is 0 Å². The summed E-state index contributed by atoms with van der Waals surface area (Å²) in [6.45, 7) is 0. The molecular formula is C17H17N3O3. The van der Waals surface area contributed by atoms with Gasteiger partial charge in [0.1, 0.15) is 5.75 Å². The Kier molecular flexibility index (Phi) is 3.89. The van der Waals surface area contributed by atoms with Crippen molar-refractivity contribution in [3.8, 4) is 11.6 Å². The number of hydrogen-bond donors (Lipinski definition) is 1. The maximum atomic E-state index is 12.4. The lowest BCUT2D eigenvalue weighted by molar-refractivity contribution is 0.102. The van der Waals surface area contributed by atoms with Crippen LogP contribution in [-0.4, -0.2) is 29.9 Å². The summed E-state index contributed by atoms with van der Waals surface area (Å²) in [6.07, 6.45) is 0. The van der Waals surface area contributed by atoms with E-state index in [9.17, 15) is 4.79 Å². The molecule has 2 aromatic carbocycles. The Morgan fingerprint density at radius 2 is 1.83 bits per heavy atom. The first-order valence-electron chi connectivity index (χ1n) is 7.08. The predicted molar refractivity (Wildman–Crippen MR) is 88.2 cm³/mol. The molecule has 0 aliphatic carbocycles. The van der Waals surface area contributed by atoms with Crippen LogP contribution < -0.4 is 14.8 Å². The number of nitrogens with one attached hydrogen (secondary N) is 1. The Labute approximate surface area is 133 Å². The molecule has 0 fully saturated rings. The fraction of sp³-hybridized carbons (Fsp3) is 0.176. The van der Waals surface area contributed by atoms with Gasteiger partial charge in [0.2, 0.25) is 5.88 Å². The number of aryl methyl sites for hydroxylation is 1. The van der Waals surface area contributed by atoms with E-state index in [2.05, 4.69) is 10.4 Å². The largest absolute Gasteiger partial charge is 0.497 e. The molecule has 6 nitrogen and oxygen atoms in total.